The molecule has 0 aromatic rings. The van der Waals surface area contributed by atoms with Crippen LogP contribution in [-0.2, 0) is 24.0 Å². The van der Waals surface area contributed by atoms with E-state index < -0.39 is 78.9 Å². The van der Waals surface area contributed by atoms with Crippen LogP contribution in [0.4, 0.5) is 0 Å². The molecule has 13 nitrogen and oxygen atoms in total. The summed E-state index contributed by atoms with van der Waals surface area (Å²) in [5.41, 5.74) is 5.75. The lowest BCUT2D eigenvalue weighted by atomic mass is 10.1. The molecule has 0 spiro atoms. The van der Waals surface area contributed by atoms with E-state index in [2.05, 4.69) is 10.6 Å². The van der Waals surface area contributed by atoms with Crippen LogP contribution in [-0.4, -0.2) is 98.5 Å². The number of carbonyl (C=O) groups excluding carboxylic acids is 3. The number of hydrogen-bond donors (Lipinski definition) is 8. The van der Waals surface area contributed by atoms with Crippen molar-refractivity contribution in [2.45, 2.75) is 69.5 Å². The Balaban J connectivity index is 5.44. The van der Waals surface area contributed by atoms with Crippen molar-refractivity contribution in [2.24, 2.45) is 5.73 Å². The van der Waals surface area contributed by atoms with E-state index in [0.717, 1.165) is 6.92 Å². The molecule has 9 N–H and O–H groups in total. The summed E-state index contributed by atoms with van der Waals surface area (Å²) in [6, 6.07) is -5.66. The van der Waals surface area contributed by atoms with Crippen LogP contribution >= 0.6 is 11.8 Å². The second-order valence-corrected chi connectivity index (χ2v) is 8.16. The number of nitrogens with one attached hydrogen (secondary N) is 3. The van der Waals surface area contributed by atoms with Gasteiger partial charge in [-0.2, -0.15) is 11.8 Å². The van der Waals surface area contributed by atoms with E-state index in [4.69, 9.17) is 15.9 Å². The van der Waals surface area contributed by atoms with Crippen molar-refractivity contribution in [3.63, 3.8) is 0 Å². The van der Waals surface area contributed by atoms with Gasteiger partial charge in [0.25, 0.3) is 0 Å². The number of thioether (sulfide) groups is 1. The lowest BCUT2D eigenvalue weighted by Crippen LogP contribution is -2.60. The number of aliphatic carboxylic acids is 2. The molecule has 0 saturated heterocycles. The standard InChI is InChI=1S/C18H32N4O9S/c1-8(23)13(21-15(27)10(19)6-7-32-3)17(29)20-11(4-5-12(25)26)16(28)22-14(9(2)24)18(30)31/h8-11,13-14,23-24H,4-7,19H2,1-3H3,(H,20,29)(H,21,27)(H,22,28)(H,25,26)(H,30,31). The van der Waals surface area contributed by atoms with Gasteiger partial charge in [0, 0.05) is 6.42 Å². The maximum Gasteiger partial charge on any atom is 0.328 e. The summed E-state index contributed by atoms with van der Waals surface area (Å²) in [7, 11) is 0. The van der Waals surface area contributed by atoms with E-state index in [1.165, 1.54) is 18.7 Å². The van der Waals surface area contributed by atoms with E-state index in [-0.39, 0.29) is 0 Å². The quantitative estimate of drug-likeness (QED) is 0.120. The molecule has 14 heteroatoms. The number of aliphatic hydroxyl groups excluding tert-OH is 2. The van der Waals surface area contributed by atoms with Crippen molar-refractivity contribution in [3.8, 4) is 0 Å². The minimum absolute atomic E-state index is 0.320. The maximum absolute atomic E-state index is 12.6. The van der Waals surface area contributed by atoms with Crippen molar-refractivity contribution in [2.75, 3.05) is 12.0 Å². The molecule has 6 unspecified atom stereocenters. The van der Waals surface area contributed by atoms with Gasteiger partial charge in [0.2, 0.25) is 17.7 Å². The molecule has 0 saturated carbocycles. The highest BCUT2D eigenvalue weighted by molar-refractivity contribution is 7.98. The van der Waals surface area contributed by atoms with E-state index in [1.807, 2.05) is 11.6 Å². The first-order valence-electron chi connectivity index (χ1n) is 9.78. The van der Waals surface area contributed by atoms with Crippen LogP contribution in [0, 0.1) is 0 Å². The Hall–Kier alpha value is -2.42. The van der Waals surface area contributed by atoms with Gasteiger partial charge < -0.3 is 42.1 Å². The Bertz CT molecular complexity index is 675. The van der Waals surface area contributed by atoms with Gasteiger partial charge in [-0.25, -0.2) is 4.79 Å². The van der Waals surface area contributed by atoms with Gasteiger partial charge in [-0.1, -0.05) is 0 Å². The SMILES string of the molecule is CSCCC(N)C(=O)NC(C(=O)NC(CCC(=O)O)C(=O)NC(C(=O)O)C(C)O)C(C)O. The third-order valence-corrected chi connectivity index (χ3v) is 5.00. The third kappa shape index (κ3) is 10.7. The van der Waals surface area contributed by atoms with Crippen LogP contribution in [0.15, 0.2) is 0 Å². The molecule has 0 rings (SSSR count). The third-order valence-electron chi connectivity index (χ3n) is 4.36. The van der Waals surface area contributed by atoms with Crippen molar-refractivity contribution >= 4 is 41.4 Å². The predicted octanol–water partition coefficient (Wildman–Crippen LogP) is -2.77. The molecular formula is C18H32N4O9S. The molecule has 32 heavy (non-hydrogen) atoms. The fourth-order valence-electron chi connectivity index (χ4n) is 2.48. The first-order valence-corrected chi connectivity index (χ1v) is 11.2. The number of carboxylic acid groups (broad SMARTS) is 2. The molecule has 3 amide bonds. The zero-order valence-electron chi connectivity index (χ0n) is 18.1. The molecule has 0 aromatic carbocycles. The number of amides is 3. The monoisotopic (exact) mass is 480 g/mol. The zero-order chi connectivity index (χ0) is 25.0. The minimum Gasteiger partial charge on any atom is -0.481 e. The van der Waals surface area contributed by atoms with Crippen molar-refractivity contribution < 1.29 is 44.4 Å². The number of carboxylic acids is 2. The molecule has 0 radical (unpaired) electrons. The van der Waals surface area contributed by atoms with Crippen molar-refractivity contribution in [1.82, 2.24) is 16.0 Å². The van der Waals surface area contributed by atoms with Crippen LogP contribution in [0.2, 0.25) is 0 Å². The van der Waals surface area contributed by atoms with Gasteiger partial charge in [0.15, 0.2) is 6.04 Å². The number of nitrogens with two attached hydrogens (primary N) is 1. The fraction of sp³-hybridized carbons (Fsp3) is 0.722. The van der Waals surface area contributed by atoms with Gasteiger partial charge in [0.05, 0.1) is 18.2 Å². The summed E-state index contributed by atoms with van der Waals surface area (Å²) in [6.45, 7) is 2.35. The Morgan fingerprint density at radius 1 is 0.844 bits per heavy atom. The van der Waals surface area contributed by atoms with Crippen molar-refractivity contribution in [3.05, 3.63) is 0 Å². The second kappa shape index (κ2) is 14.6. The lowest BCUT2D eigenvalue weighted by molar-refractivity contribution is -0.145. The smallest absolute Gasteiger partial charge is 0.328 e. The van der Waals surface area contributed by atoms with Crippen LogP contribution in [0.25, 0.3) is 0 Å². The summed E-state index contributed by atoms with van der Waals surface area (Å²) in [6.07, 6.45) is -1.67. The summed E-state index contributed by atoms with van der Waals surface area (Å²) in [5, 5.41) is 44.0. The predicted molar refractivity (Wildman–Crippen MR) is 115 cm³/mol. The number of rotatable bonds is 15. The first kappa shape index (κ1) is 29.6. The average Bonchev–Trinajstić information content (AvgIpc) is 2.69. The summed E-state index contributed by atoms with van der Waals surface area (Å²) in [4.78, 5) is 59.4. The minimum atomic E-state index is -1.70. The Morgan fingerprint density at radius 2 is 1.38 bits per heavy atom. The molecule has 6 atom stereocenters. The molecule has 0 fully saturated rings. The highest BCUT2D eigenvalue weighted by Gasteiger charge is 2.33. The summed E-state index contributed by atoms with van der Waals surface area (Å²) in [5.74, 6) is -4.98. The van der Waals surface area contributed by atoms with Crippen LogP contribution in [0.1, 0.15) is 33.1 Å². The van der Waals surface area contributed by atoms with Gasteiger partial charge in [-0.05, 0) is 38.7 Å². The Kier molecular flexibility index (Phi) is 13.5. The lowest BCUT2D eigenvalue weighted by Gasteiger charge is -2.26. The largest absolute Gasteiger partial charge is 0.481 e. The van der Waals surface area contributed by atoms with Crippen LogP contribution < -0.4 is 21.7 Å². The normalized spacial score (nSPS) is 16.6. The molecule has 0 aliphatic rings. The zero-order valence-corrected chi connectivity index (χ0v) is 18.9. The van der Waals surface area contributed by atoms with Crippen molar-refractivity contribution in [1.29, 1.82) is 0 Å². The molecule has 184 valence electrons. The topological polar surface area (TPSA) is 228 Å². The number of hydrogen-bond acceptors (Lipinski definition) is 9. The highest BCUT2D eigenvalue weighted by Crippen LogP contribution is 2.05. The van der Waals surface area contributed by atoms with Gasteiger partial charge in [-0.15, -0.1) is 0 Å². The molecule has 0 heterocycles. The molecular weight excluding hydrogens is 448 g/mol. The van der Waals surface area contributed by atoms with Gasteiger partial charge in [0.1, 0.15) is 12.1 Å². The molecule has 0 bridgehead atoms. The van der Waals surface area contributed by atoms with Crippen LogP contribution in [0.5, 0.6) is 0 Å². The highest BCUT2D eigenvalue weighted by atomic mass is 32.2. The van der Waals surface area contributed by atoms with Gasteiger partial charge in [-0.3, -0.25) is 19.2 Å². The molecule has 0 aliphatic heterocycles. The fourth-order valence-corrected chi connectivity index (χ4v) is 2.97. The Morgan fingerprint density at radius 3 is 1.81 bits per heavy atom. The second-order valence-electron chi connectivity index (χ2n) is 7.17. The van der Waals surface area contributed by atoms with E-state index in [1.54, 1.807) is 0 Å². The van der Waals surface area contributed by atoms with Gasteiger partial charge >= 0.3 is 11.9 Å². The number of aliphatic hydroxyl groups is 2. The number of carbonyl (C=O) groups is 5. The Labute approximate surface area is 189 Å². The summed E-state index contributed by atoms with van der Waals surface area (Å²) >= 11 is 1.47. The first-order chi connectivity index (χ1) is 14.8. The molecule has 0 aliphatic carbocycles. The van der Waals surface area contributed by atoms with Crippen LogP contribution in [0.3, 0.4) is 0 Å². The molecule has 0 aromatic heterocycles. The van der Waals surface area contributed by atoms with E-state index >= 15 is 0 Å². The van der Waals surface area contributed by atoms with E-state index in [9.17, 15) is 34.2 Å². The van der Waals surface area contributed by atoms with E-state index in [0.29, 0.717) is 12.2 Å². The summed E-state index contributed by atoms with van der Waals surface area (Å²) < 4.78 is 0. The maximum atomic E-state index is 12.6. The average molecular weight is 481 g/mol.